The number of hydrogen-bond donors (Lipinski definition) is 0. The molecule has 1 fully saturated rings. The zero-order chi connectivity index (χ0) is 18.5. The maximum Gasteiger partial charge on any atom is 0.235 e. The molecule has 0 radical (unpaired) electrons. The minimum Gasteiger partial charge on any atom is -0.348 e. The summed E-state index contributed by atoms with van der Waals surface area (Å²) in [5.74, 6) is 1.06. The lowest BCUT2D eigenvalue weighted by Crippen LogP contribution is -2.30. The summed E-state index contributed by atoms with van der Waals surface area (Å²) in [7, 11) is 3.57. The first-order chi connectivity index (χ1) is 12.5. The molecule has 7 heteroatoms. The summed E-state index contributed by atoms with van der Waals surface area (Å²) in [6, 6.07) is 10.3. The Kier molecular flexibility index (Phi) is 6.32. The molecule has 0 bridgehead atoms. The van der Waals surface area contributed by atoms with Gasteiger partial charge in [0, 0.05) is 14.1 Å². The topological polar surface area (TPSA) is 54.3 Å². The van der Waals surface area contributed by atoms with Crippen molar-refractivity contribution in [3.8, 4) is 0 Å². The lowest BCUT2D eigenvalue weighted by molar-refractivity contribution is -0.127. The number of thioether (sulfide) groups is 1. The fourth-order valence-corrected chi connectivity index (χ4v) is 4.17. The first kappa shape index (κ1) is 18.9. The summed E-state index contributed by atoms with van der Waals surface area (Å²) in [6.45, 7) is 5.71. The maximum atomic E-state index is 12.2. The first-order valence-corrected chi connectivity index (χ1v) is 9.98. The molecule has 1 amide bonds. The molecule has 140 valence electrons. The molecule has 3 rings (SSSR count). The zero-order valence-corrected chi connectivity index (χ0v) is 16.6. The molecule has 1 saturated heterocycles. The lowest BCUT2D eigenvalue weighted by atomic mass is 10.2. The number of nitrogens with zero attached hydrogens (tertiary/aromatic N) is 5. The van der Waals surface area contributed by atoms with E-state index in [1.54, 1.807) is 19.0 Å². The van der Waals surface area contributed by atoms with Crippen molar-refractivity contribution < 1.29 is 4.79 Å². The van der Waals surface area contributed by atoms with Gasteiger partial charge >= 0.3 is 0 Å². The molecule has 0 saturated carbocycles. The molecular formula is C19H27N5OS. The highest BCUT2D eigenvalue weighted by atomic mass is 32.2. The van der Waals surface area contributed by atoms with Crippen LogP contribution in [-0.4, -0.2) is 62.9 Å². The summed E-state index contributed by atoms with van der Waals surface area (Å²) >= 11 is 1.48. The van der Waals surface area contributed by atoms with Crippen LogP contribution < -0.4 is 0 Å². The number of aromatic nitrogens is 3. The molecule has 1 unspecified atom stereocenters. The molecule has 1 aliphatic rings. The van der Waals surface area contributed by atoms with Crippen LogP contribution in [0.3, 0.4) is 0 Å². The number of rotatable bonds is 7. The summed E-state index contributed by atoms with van der Waals surface area (Å²) < 4.78 is 2.16. The molecule has 1 atom stereocenters. The summed E-state index contributed by atoms with van der Waals surface area (Å²) in [4.78, 5) is 16.3. The Labute approximate surface area is 159 Å². The molecule has 6 nitrogen and oxygen atoms in total. The molecule has 0 N–H and O–H groups in total. The fourth-order valence-electron chi connectivity index (χ4n) is 3.16. The highest BCUT2D eigenvalue weighted by molar-refractivity contribution is 8.00. The predicted octanol–water partition coefficient (Wildman–Crippen LogP) is 2.49. The van der Waals surface area contributed by atoms with Crippen molar-refractivity contribution in [1.82, 2.24) is 24.6 Å². The van der Waals surface area contributed by atoms with Crippen LogP contribution in [-0.2, 0) is 17.9 Å². The van der Waals surface area contributed by atoms with Crippen molar-refractivity contribution >= 4 is 17.7 Å². The number of benzene rings is 1. The van der Waals surface area contributed by atoms with Crippen LogP contribution in [0, 0.1) is 0 Å². The Hall–Kier alpha value is -1.86. The summed E-state index contributed by atoms with van der Waals surface area (Å²) in [6.07, 6.45) is 2.51. The van der Waals surface area contributed by atoms with Crippen LogP contribution >= 0.6 is 11.8 Å². The highest BCUT2D eigenvalue weighted by Crippen LogP contribution is 2.25. The Morgan fingerprint density at radius 3 is 2.50 bits per heavy atom. The van der Waals surface area contributed by atoms with Crippen LogP contribution in [0.15, 0.2) is 35.5 Å². The van der Waals surface area contributed by atoms with Crippen molar-refractivity contribution in [2.24, 2.45) is 0 Å². The van der Waals surface area contributed by atoms with Gasteiger partial charge in [-0.15, -0.1) is 10.2 Å². The average molecular weight is 374 g/mol. The molecule has 0 aliphatic carbocycles. The van der Waals surface area contributed by atoms with Crippen LogP contribution in [0.25, 0.3) is 0 Å². The molecule has 2 aromatic rings. The van der Waals surface area contributed by atoms with Gasteiger partial charge in [0.05, 0.1) is 18.3 Å². The van der Waals surface area contributed by atoms with E-state index in [1.165, 1.54) is 30.2 Å². The van der Waals surface area contributed by atoms with Gasteiger partial charge in [-0.3, -0.25) is 9.69 Å². The van der Waals surface area contributed by atoms with E-state index in [0.29, 0.717) is 0 Å². The van der Waals surface area contributed by atoms with Crippen molar-refractivity contribution in [2.75, 3.05) is 27.2 Å². The van der Waals surface area contributed by atoms with Gasteiger partial charge in [0.2, 0.25) is 5.91 Å². The van der Waals surface area contributed by atoms with E-state index in [-0.39, 0.29) is 11.2 Å². The third-order valence-electron chi connectivity index (χ3n) is 4.61. The Balaban J connectivity index is 1.82. The second-order valence-corrected chi connectivity index (χ2v) is 8.25. The van der Waals surface area contributed by atoms with Gasteiger partial charge in [0.15, 0.2) is 5.16 Å². The number of hydrogen-bond acceptors (Lipinski definition) is 5. The first-order valence-electron chi connectivity index (χ1n) is 9.11. The second kappa shape index (κ2) is 8.68. The van der Waals surface area contributed by atoms with Gasteiger partial charge in [-0.05, 0) is 38.4 Å². The van der Waals surface area contributed by atoms with E-state index in [4.69, 9.17) is 0 Å². The van der Waals surface area contributed by atoms with Crippen LogP contribution in [0.4, 0.5) is 0 Å². The Bertz CT molecular complexity index is 725. The van der Waals surface area contributed by atoms with E-state index < -0.39 is 0 Å². The summed E-state index contributed by atoms with van der Waals surface area (Å²) in [5, 5.41) is 9.49. The predicted molar refractivity (Wildman–Crippen MR) is 104 cm³/mol. The van der Waals surface area contributed by atoms with E-state index in [0.717, 1.165) is 37.2 Å². The van der Waals surface area contributed by atoms with Crippen LogP contribution in [0.1, 0.15) is 31.2 Å². The quantitative estimate of drug-likeness (QED) is 0.698. The van der Waals surface area contributed by atoms with Gasteiger partial charge in [-0.2, -0.15) is 0 Å². The average Bonchev–Trinajstić information content (AvgIpc) is 3.27. The number of carbonyl (C=O) groups excluding carboxylic acids is 1. The number of likely N-dealkylation sites (tertiary alicyclic amines) is 1. The number of amides is 1. The highest BCUT2D eigenvalue weighted by Gasteiger charge is 2.23. The maximum absolute atomic E-state index is 12.2. The smallest absolute Gasteiger partial charge is 0.235 e. The normalized spacial score (nSPS) is 16.0. The molecule has 26 heavy (non-hydrogen) atoms. The van der Waals surface area contributed by atoms with Gasteiger partial charge in [-0.25, -0.2) is 0 Å². The monoisotopic (exact) mass is 373 g/mol. The van der Waals surface area contributed by atoms with Gasteiger partial charge < -0.3 is 9.47 Å². The lowest BCUT2D eigenvalue weighted by Gasteiger charge is -2.18. The third kappa shape index (κ3) is 4.65. The van der Waals surface area contributed by atoms with Crippen LogP contribution in [0.5, 0.6) is 0 Å². The summed E-state index contributed by atoms with van der Waals surface area (Å²) in [5.41, 5.74) is 1.21. The van der Waals surface area contributed by atoms with Crippen molar-refractivity contribution in [3.63, 3.8) is 0 Å². The standard InChI is InChI=1S/C19H27N5OS/c1-15(18(25)22(2)3)26-19-21-20-17(14-23-11-7-8-12-23)24(19)13-16-9-5-4-6-10-16/h4-6,9-10,15H,7-8,11-14H2,1-3H3. The minimum absolute atomic E-state index is 0.0883. The molecule has 1 aliphatic heterocycles. The minimum atomic E-state index is -0.191. The fraction of sp³-hybridized carbons (Fsp3) is 0.526. The van der Waals surface area contributed by atoms with Gasteiger partial charge in [0.1, 0.15) is 5.82 Å². The largest absolute Gasteiger partial charge is 0.348 e. The van der Waals surface area contributed by atoms with Gasteiger partial charge in [0.25, 0.3) is 0 Å². The van der Waals surface area contributed by atoms with Gasteiger partial charge in [-0.1, -0.05) is 42.1 Å². The molecular weight excluding hydrogens is 346 g/mol. The molecule has 1 aromatic heterocycles. The van der Waals surface area contributed by atoms with Crippen molar-refractivity contribution in [2.45, 2.75) is 43.3 Å². The SMILES string of the molecule is CC(Sc1nnc(CN2CCCC2)n1Cc1ccccc1)C(=O)N(C)C. The number of carbonyl (C=O) groups is 1. The zero-order valence-electron chi connectivity index (χ0n) is 15.8. The van der Waals surface area contributed by atoms with E-state index >= 15 is 0 Å². The Morgan fingerprint density at radius 2 is 1.85 bits per heavy atom. The molecule has 2 heterocycles. The molecule has 1 aromatic carbocycles. The van der Waals surface area contributed by atoms with Crippen molar-refractivity contribution in [1.29, 1.82) is 0 Å². The Morgan fingerprint density at radius 1 is 1.15 bits per heavy atom. The van der Waals surface area contributed by atoms with E-state index in [1.807, 2.05) is 25.1 Å². The van der Waals surface area contributed by atoms with Crippen LogP contribution in [0.2, 0.25) is 0 Å². The van der Waals surface area contributed by atoms with E-state index in [2.05, 4.69) is 31.8 Å². The van der Waals surface area contributed by atoms with Crippen molar-refractivity contribution in [3.05, 3.63) is 41.7 Å². The second-order valence-electron chi connectivity index (χ2n) is 6.95. The molecule has 0 spiro atoms. The third-order valence-corrected chi connectivity index (χ3v) is 5.68. The van der Waals surface area contributed by atoms with E-state index in [9.17, 15) is 4.79 Å².